The molecule has 0 aromatic heterocycles. The summed E-state index contributed by atoms with van der Waals surface area (Å²) >= 11 is 0. The summed E-state index contributed by atoms with van der Waals surface area (Å²) in [7, 11) is 1.83. The summed E-state index contributed by atoms with van der Waals surface area (Å²) in [6.07, 6.45) is 3.81. The molecule has 2 unspecified atom stereocenters. The molecule has 1 saturated heterocycles. The zero-order valence-electron chi connectivity index (χ0n) is 13.7. The van der Waals surface area contributed by atoms with Crippen molar-refractivity contribution < 1.29 is 9.13 Å². The summed E-state index contributed by atoms with van der Waals surface area (Å²) in [4.78, 5) is 6.68. The Morgan fingerprint density at radius 2 is 1.96 bits per heavy atom. The second-order valence-electron chi connectivity index (χ2n) is 6.21. The molecule has 0 radical (unpaired) electrons. The largest absolute Gasteiger partial charge is 0.367 e. The molecule has 1 heterocycles. The fourth-order valence-corrected chi connectivity index (χ4v) is 3.02. The molecule has 1 N–H and O–H groups in total. The zero-order chi connectivity index (χ0) is 15.5. The first kappa shape index (κ1) is 18.4. The molecule has 4 nitrogen and oxygen atoms in total. The van der Waals surface area contributed by atoms with Crippen LogP contribution in [-0.2, 0) is 4.74 Å². The quantitative estimate of drug-likeness (QED) is 0.442. The van der Waals surface area contributed by atoms with Gasteiger partial charge in [0.1, 0.15) is 11.9 Å². The summed E-state index contributed by atoms with van der Waals surface area (Å²) in [6, 6.07) is 7.14. The van der Waals surface area contributed by atoms with Gasteiger partial charge in [0.2, 0.25) is 0 Å². The SMILES string of the molecule is CN=C(NC1CCC1)N1CC(C)OC(c2ccc(F)cc2)C1.I. The van der Waals surface area contributed by atoms with Gasteiger partial charge in [-0.2, -0.15) is 0 Å². The Hall–Kier alpha value is -0.890. The van der Waals surface area contributed by atoms with Gasteiger partial charge in [0, 0.05) is 19.6 Å². The molecular weight excluding hydrogens is 408 g/mol. The molecule has 0 bridgehead atoms. The topological polar surface area (TPSA) is 36.9 Å². The third-order valence-electron chi connectivity index (χ3n) is 4.45. The summed E-state index contributed by atoms with van der Waals surface area (Å²) < 4.78 is 19.1. The van der Waals surface area contributed by atoms with Gasteiger partial charge < -0.3 is 15.0 Å². The number of rotatable bonds is 2. The normalized spacial score (nSPS) is 25.5. The number of guanidine groups is 1. The highest BCUT2D eigenvalue weighted by molar-refractivity contribution is 14.0. The zero-order valence-corrected chi connectivity index (χ0v) is 16.0. The highest BCUT2D eigenvalue weighted by atomic mass is 127. The Labute approximate surface area is 154 Å². The lowest BCUT2D eigenvalue weighted by molar-refractivity contribution is -0.0607. The molecule has 23 heavy (non-hydrogen) atoms. The van der Waals surface area contributed by atoms with Crippen molar-refractivity contribution in [2.45, 2.75) is 44.4 Å². The Kier molecular flexibility index (Phi) is 6.64. The van der Waals surface area contributed by atoms with Gasteiger partial charge in [0.15, 0.2) is 5.96 Å². The fourth-order valence-electron chi connectivity index (χ4n) is 3.02. The van der Waals surface area contributed by atoms with Crippen LogP contribution in [0.4, 0.5) is 4.39 Å². The monoisotopic (exact) mass is 433 g/mol. The molecule has 2 fully saturated rings. The molecule has 0 amide bonds. The minimum atomic E-state index is -0.216. The van der Waals surface area contributed by atoms with Gasteiger partial charge in [-0.1, -0.05) is 12.1 Å². The molecule has 6 heteroatoms. The van der Waals surface area contributed by atoms with Crippen molar-refractivity contribution in [3.8, 4) is 0 Å². The number of nitrogens with zero attached hydrogens (tertiary/aromatic N) is 2. The van der Waals surface area contributed by atoms with Crippen LogP contribution in [0.15, 0.2) is 29.3 Å². The lowest BCUT2D eigenvalue weighted by Crippen LogP contribution is -2.54. The second-order valence-corrected chi connectivity index (χ2v) is 6.21. The van der Waals surface area contributed by atoms with Crippen LogP contribution in [0.25, 0.3) is 0 Å². The molecule has 1 aromatic carbocycles. The van der Waals surface area contributed by atoms with Crippen molar-refractivity contribution in [2.24, 2.45) is 4.99 Å². The summed E-state index contributed by atoms with van der Waals surface area (Å²) in [5, 5.41) is 3.53. The summed E-state index contributed by atoms with van der Waals surface area (Å²) in [5.74, 6) is 0.735. The second kappa shape index (κ2) is 8.28. The van der Waals surface area contributed by atoms with Crippen molar-refractivity contribution in [1.29, 1.82) is 0 Å². The van der Waals surface area contributed by atoms with Gasteiger partial charge in [0.25, 0.3) is 0 Å². The van der Waals surface area contributed by atoms with E-state index in [1.54, 1.807) is 12.1 Å². The summed E-state index contributed by atoms with van der Waals surface area (Å²) in [6.45, 7) is 3.63. The number of hydrogen-bond acceptors (Lipinski definition) is 2. The van der Waals surface area contributed by atoms with E-state index in [0.29, 0.717) is 6.04 Å². The van der Waals surface area contributed by atoms with Crippen LogP contribution in [0.3, 0.4) is 0 Å². The number of halogens is 2. The van der Waals surface area contributed by atoms with E-state index in [0.717, 1.165) is 24.6 Å². The number of aliphatic imine (C=N–C) groups is 1. The molecule has 128 valence electrons. The van der Waals surface area contributed by atoms with Gasteiger partial charge in [-0.3, -0.25) is 4.99 Å². The Morgan fingerprint density at radius 1 is 1.26 bits per heavy atom. The lowest BCUT2D eigenvalue weighted by Gasteiger charge is -2.40. The van der Waals surface area contributed by atoms with Crippen molar-refractivity contribution in [2.75, 3.05) is 20.1 Å². The molecule has 1 aliphatic carbocycles. The van der Waals surface area contributed by atoms with Crippen molar-refractivity contribution in [3.05, 3.63) is 35.6 Å². The molecule has 0 spiro atoms. The Balaban J connectivity index is 0.00000192. The van der Waals surface area contributed by atoms with E-state index in [4.69, 9.17) is 4.74 Å². The molecule has 2 aliphatic rings. The van der Waals surface area contributed by atoms with E-state index in [1.807, 2.05) is 7.05 Å². The third-order valence-corrected chi connectivity index (χ3v) is 4.45. The lowest BCUT2D eigenvalue weighted by atomic mass is 9.93. The van der Waals surface area contributed by atoms with E-state index >= 15 is 0 Å². The van der Waals surface area contributed by atoms with Crippen LogP contribution in [0.5, 0.6) is 0 Å². The van der Waals surface area contributed by atoms with Crippen LogP contribution >= 0.6 is 24.0 Å². The number of nitrogens with one attached hydrogen (secondary N) is 1. The minimum Gasteiger partial charge on any atom is -0.367 e. The standard InChI is InChI=1S/C17H24FN3O.HI/c1-12-10-21(17(19-2)20-15-4-3-5-15)11-16(22-12)13-6-8-14(18)9-7-13;/h6-9,12,15-16H,3-5,10-11H2,1-2H3,(H,19,20);1H. The average molecular weight is 433 g/mol. The van der Waals surface area contributed by atoms with Crippen molar-refractivity contribution in [3.63, 3.8) is 0 Å². The van der Waals surface area contributed by atoms with E-state index in [-0.39, 0.29) is 42.0 Å². The highest BCUT2D eigenvalue weighted by Gasteiger charge is 2.30. The number of hydrogen-bond donors (Lipinski definition) is 1. The van der Waals surface area contributed by atoms with Gasteiger partial charge in [-0.25, -0.2) is 4.39 Å². The van der Waals surface area contributed by atoms with Gasteiger partial charge in [0.05, 0.1) is 12.6 Å². The van der Waals surface area contributed by atoms with Crippen molar-refractivity contribution in [1.82, 2.24) is 10.2 Å². The van der Waals surface area contributed by atoms with Gasteiger partial charge >= 0.3 is 0 Å². The first-order valence-corrected chi connectivity index (χ1v) is 8.05. The molecule has 2 atom stereocenters. The van der Waals surface area contributed by atoms with Gasteiger partial charge in [-0.15, -0.1) is 24.0 Å². The van der Waals surface area contributed by atoms with E-state index < -0.39 is 0 Å². The summed E-state index contributed by atoms with van der Waals surface area (Å²) in [5.41, 5.74) is 1.01. The number of ether oxygens (including phenoxy) is 1. The molecule has 3 rings (SSSR count). The highest BCUT2D eigenvalue weighted by Crippen LogP contribution is 2.26. The van der Waals surface area contributed by atoms with Crippen LogP contribution in [-0.4, -0.2) is 43.1 Å². The fraction of sp³-hybridized carbons (Fsp3) is 0.588. The van der Waals surface area contributed by atoms with Crippen molar-refractivity contribution >= 4 is 29.9 Å². The average Bonchev–Trinajstić information content (AvgIpc) is 2.46. The Bertz CT molecular complexity index is 533. The predicted molar refractivity (Wildman–Crippen MR) is 101 cm³/mol. The Morgan fingerprint density at radius 3 is 2.52 bits per heavy atom. The van der Waals surface area contributed by atoms with Gasteiger partial charge in [-0.05, 0) is 43.9 Å². The number of morpholine rings is 1. The molecular formula is C17H25FIN3O. The van der Waals surface area contributed by atoms with E-state index in [9.17, 15) is 4.39 Å². The van der Waals surface area contributed by atoms with Crippen LogP contribution < -0.4 is 5.32 Å². The van der Waals surface area contributed by atoms with Crippen LogP contribution in [0.1, 0.15) is 37.9 Å². The first-order chi connectivity index (χ1) is 10.7. The minimum absolute atomic E-state index is 0. The number of benzene rings is 1. The van der Waals surface area contributed by atoms with E-state index in [1.165, 1.54) is 31.4 Å². The predicted octanol–water partition coefficient (Wildman–Crippen LogP) is 3.33. The van der Waals surface area contributed by atoms with Crippen LogP contribution in [0.2, 0.25) is 0 Å². The maximum absolute atomic E-state index is 13.1. The maximum atomic E-state index is 13.1. The first-order valence-electron chi connectivity index (χ1n) is 8.05. The molecule has 1 saturated carbocycles. The van der Waals surface area contributed by atoms with E-state index in [2.05, 4.69) is 22.1 Å². The molecule has 1 aromatic rings. The smallest absolute Gasteiger partial charge is 0.194 e. The third kappa shape index (κ3) is 4.56. The van der Waals surface area contributed by atoms with Crippen LogP contribution in [0, 0.1) is 5.82 Å². The maximum Gasteiger partial charge on any atom is 0.194 e. The molecule has 1 aliphatic heterocycles.